The lowest BCUT2D eigenvalue weighted by Gasteiger charge is -2.29. The van der Waals surface area contributed by atoms with E-state index in [2.05, 4.69) is 0 Å². The van der Waals surface area contributed by atoms with Crippen LogP contribution in [-0.2, 0) is 9.53 Å². The van der Waals surface area contributed by atoms with Gasteiger partial charge in [-0.3, -0.25) is 4.79 Å². The summed E-state index contributed by atoms with van der Waals surface area (Å²) in [6.07, 6.45) is 2.81. The average molecular weight is 269 g/mol. The van der Waals surface area contributed by atoms with Gasteiger partial charge in [-0.1, -0.05) is 0 Å². The largest absolute Gasteiger partial charge is 0.481 e. The van der Waals surface area contributed by atoms with Crippen molar-refractivity contribution in [3.05, 3.63) is 0 Å². The second-order valence-electron chi connectivity index (χ2n) is 6.86. The van der Waals surface area contributed by atoms with Gasteiger partial charge in [-0.15, -0.1) is 0 Å². The quantitative estimate of drug-likeness (QED) is 0.854. The van der Waals surface area contributed by atoms with Crippen LogP contribution in [0.25, 0.3) is 0 Å². The van der Waals surface area contributed by atoms with Crippen LogP contribution >= 0.6 is 0 Å². The molecule has 108 valence electrons. The minimum atomic E-state index is -0.766. The van der Waals surface area contributed by atoms with Crippen LogP contribution in [0, 0.1) is 11.3 Å². The number of carbonyl (C=O) groups excluding carboxylic acids is 1. The maximum Gasteiger partial charge on any atom is 0.410 e. The van der Waals surface area contributed by atoms with Crippen LogP contribution in [0.3, 0.4) is 0 Å². The van der Waals surface area contributed by atoms with E-state index in [9.17, 15) is 9.59 Å². The van der Waals surface area contributed by atoms with Crippen molar-refractivity contribution < 1.29 is 19.4 Å². The van der Waals surface area contributed by atoms with E-state index in [1.165, 1.54) is 0 Å². The number of aliphatic carboxylic acids is 1. The molecule has 1 saturated carbocycles. The molecule has 0 spiro atoms. The maximum atomic E-state index is 12.0. The summed E-state index contributed by atoms with van der Waals surface area (Å²) in [5.74, 6) is -0.297. The molecular weight excluding hydrogens is 246 g/mol. The number of ether oxygens (including phenoxy) is 1. The highest BCUT2D eigenvalue weighted by molar-refractivity contribution is 5.70. The molecule has 2 fully saturated rings. The molecule has 2 aliphatic rings. The van der Waals surface area contributed by atoms with Crippen LogP contribution < -0.4 is 0 Å². The highest BCUT2D eigenvalue weighted by Gasteiger charge is 2.51. The molecule has 0 bridgehead atoms. The molecule has 2 rings (SSSR count). The Morgan fingerprint density at radius 1 is 1.37 bits per heavy atom. The number of carboxylic acid groups (broad SMARTS) is 1. The van der Waals surface area contributed by atoms with Crippen LogP contribution in [0.4, 0.5) is 4.79 Å². The van der Waals surface area contributed by atoms with Crippen molar-refractivity contribution in [2.24, 2.45) is 11.3 Å². The summed E-state index contributed by atoms with van der Waals surface area (Å²) >= 11 is 0. The van der Waals surface area contributed by atoms with E-state index in [0.717, 1.165) is 19.3 Å². The van der Waals surface area contributed by atoms with Crippen molar-refractivity contribution in [3.63, 3.8) is 0 Å². The lowest BCUT2D eigenvalue weighted by atomic mass is 9.78. The minimum absolute atomic E-state index is 0.164. The molecule has 1 N–H and O–H groups in total. The third-order valence-corrected chi connectivity index (χ3v) is 3.98. The molecule has 1 atom stereocenters. The monoisotopic (exact) mass is 269 g/mol. The minimum Gasteiger partial charge on any atom is -0.481 e. The predicted molar refractivity (Wildman–Crippen MR) is 69.8 cm³/mol. The topological polar surface area (TPSA) is 66.8 Å². The molecule has 5 nitrogen and oxygen atoms in total. The van der Waals surface area contributed by atoms with Gasteiger partial charge < -0.3 is 14.7 Å². The fourth-order valence-corrected chi connectivity index (χ4v) is 3.00. The first kappa shape index (κ1) is 14.2. The van der Waals surface area contributed by atoms with Crippen molar-refractivity contribution in [1.29, 1.82) is 0 Å². The van der Waals surface area contributed by atoms with Gasteiger partial charge in [-0.2, -0.15) is 0 Å². The molecule has 1 aliphatic carbocycles. The summed E-state index contributed by atoms with van der Waals surface area (Å²) in [4.78, 5) is 24.8. The Morgan fingerprint density at radius 2 is 2.00 bits per heavy atom. The number of hydrogen-bond donors (Lipinski definition) is 1. The predicted octanol–water partition coefficient (Wildman–Crippen LogP) is 2.50. The van der Waals surface area contributed by atoms with Gasteiger partial charge in [-0.25, -0.2) is 4.79 Å². The lowest BCUT2D eigenvalue weighted by molar-refractivity contribution is -0.140. The van der Waals surface area contributed by atoms with E-state index in [4.69, 9.17) is 9.84 Å². The Bertz CT molecular complexity index is 383. The van der Waals surface area contributed by atoms with E-state index in [0.29, 0.717) is 19.0 Å². The van der Waals surface area contributed by atoms with E-state index >= 15 is 0 Å². The first-order chi connectivity index (χ1) is 8.72. The molecule has 1 aliphatic heterocycles. The van der Waals surface area contributed by atoms with Crippen LogP contribution in [0.2, 0.25) is 0 Å². The Morgan fingerprint density at radius 3 is 2.47 bits per heavy atom. The number of nitrogens with zero attached hydrogens (tertiary/aromatic N) is 1. The molecule has 5 heteroatoms. The Labute approximate surface area is 113 Å². The third-order valence-electron chi connectivity index (χ3n) is 3.98. The molecule has 1 amide bonds. The second-order valence-corrected chi connectivity index (χ2v) is 6.86. The van der Waals surface area contributed by atoms with Crippen molar-refractivity contribution in [3.8, 4) is 0 Å². The summed E-state index contributed by atoms with van der Waals surface area (Å²) in [5, 5.41) is 9.09. The molecule has 1 heterocycles. The number of rotatable bonds is 3. The zero-order chi connectivity index (χ0) is 14.3. The number of hydrogen-bond acceptors (Lipinski definition) is 3. The molecule has 1 saturated heterocycles. The first-order valence-corrected chi connectivity index (χ1v) is 6.92. The van der Waals surface area contributed by atoms with Crippen LogP contribution in [-0.4, -0.2) is 40.8 Å². The van der Waals surface area contributed by atoms with Crippen LogP contribution in [0.15, 0.2) is 0 Å². The Balaban J connectivity index is 2.00. The second kappa shape index (κ2) is 4.69. The summed E-state index contributed by atoms with van der Waals surface area (Å²) in [6, 6.07) is 0. The summed E-state index contributed by atoms with van der Waals surface area (Å²) in [7, 11) is 0. The average Bonchev–Trinajstić information content (AvgIpc) is 2.99. The fraction of sp³-hybridized carbons (Fsp3) is 0.857. The molecule has 19 heavy (non-hydrogen) atoms. The third kappa shape index (κ3) is 3.39. The van der Waals surface area contributed by atoms with Gasteiger partial charge in [0, 0.05) is 18.5 Å². The van der Waals surface area contributed by atoms with Gasteiger partial charge in [0.05, 0.1) is 6.42 Å². The summed E-state index contributed by atoms with van der Waals surface area (Å²) < 4.78 is 5.36. The standard InChI is InChI=1S/C14H23NO4/c1-13(2,3)19-12(18)15-7-6-14(9-15,8-11(16)17)10-4-5-10/h10H,4-9H2,1-3H3,(H,16,17). The SMILES string of the molecule is CC(C)(C)OC(=O)N1CCC(CC(=O)O)(C2CC2)C1. The highest BCUT2D eigenvalue weighted by Crippen LogP contribution is 2.53. The van der Waals surface area contributed by atoms with Crippen LogP contribution in [0.5, 0.6) is 0 Å². The number of carbonyl (C=O) groups is 2. The molecular formula is C14H23NO4. The summed E-state index contributed by atoms with van der Waals surface area (Å²) in [6.45, 7) is 6.66. The maximum absolute atomic E-state index is 12.0. The van der Waals surface area contributed by atoms with Gasteiger partial charge in [0.15, 0.2) is 0 Å². The zero-order valence-corrected chi connectivity index (χ0v) is 11.9. The van der Waals surface area contributed by atoms with E-state index < -0.39 is 11.6 Å². The highest BCUT2D eigenvalue weighted by atomic mass is 16.6. The first-order valence-electron chi connectivity index (χ1n) is 6.92. The Hall–Kier alpha value is -1.26. The zero-order valence-electron chi connectivity index (χ0n) is 11.9. The van der Waals surface area contributed by atoms with E-state index in [1.807, 2.05) is 20.8 Å². The Kier molecular flexibility index (Phi) is 3.49. The van der Waals surface area contributed by atoms with E-state index in [-0.39, 0.29) is 17.9 Å². The molecule has 1 unspecified atom stereocenters. The van der Waals surface area contributed by atoms with Gasteiger partial charge in [0.1, 0.15) is 5.60 Å². The van der Waals surface area contributed by atoms with E-state index in [1.54, 1.807) is 4.90 Å². The van der Waals surface area contributed by atoms with Crippen molar-refractivity contribution in [2.75, 3.05) is 13.1 Å². The van der Waals surface area contributed by atoms with Crippen molar-refractivity contribution in [1.82, 2.24) is 4.90 Å². The van der Waals surface area contributed by atoms with Crippen molar-refractivity contribution in [2.45, 2.75) is 52.1 Å². The molecule has 0 radical (unpaired) electrons. The lowest BCUT2D eigenvalue weighted by Crippen LogP contribution is -2.38. The molecule has 0 aromatic rings. The number of amides is 1. The number of carboxylic acids is 1. The van der Waals surface area contributed by atoms with Crippen LogP contribution in [0.1, 0.15) is 46.5 Å². The normalized spacial score (nSPS) is 27.4. The smallest absolute Gasteiger partial charge is 0.410 e. The van der Waals surface area contributed by atoms with Gasteiger partial charge in [-0.05, 0) is 46.0 Å². The molecule has 0 aromatic carbocycles. The van der Waals surface area contributed by atoms with Gasteiger partial charge in [0.25, 0.3) is 0 Å². The van der Waals surface area contributed by atoms with Crippen molar-refractivity contribution >= 4 is 12.1 Å². The molecule has 0 aromatic heterocycles. The van der Waals surface area contributed by atoms with Gasteiger partial charge in [0.2, 0.25) is 0 Å². The number of likely N-dealkylation sites (tertiary alicyclic amines) is 1. The van der Waals surface area contributed by atoms with Gasteiger partial charge >= 0.3 is 12.1 Å². The fourth-order valence-electron chi connectivity index (χ4n) is 3.00. The summed E-state index contributed by atoms with van der Waals surface area (Å²) in [5.41, 5.74) is -0.725.